The fraction of sp³-hybridized carbons (Fsp3) is 0.0500. The molecule has 128 valence electrons. The minimum absolute atomic E-state index is 0.0617. The van der Waals surface area contributed by atoms with Crippen molar-refractivity contribution in [2.45, 2.75) is 6.54 Å². The summed E-state index contributed by atoms with van der Waals surface area (Å²) in [6.45, 7) is 0.609. The van der Waals surface area contributed by atoms with Crippen LogP contribution in [0.1, 0.15) is 16.1 Å². The molecule has 2 heterocycles. The Hall–Kier alpha value is -3.25. The van der Waals surface area contributed by atoms with Crippen LogP contribution in [0.5, 0.6) is 0 Å². The van der Waals surface area contributed by atoms with Crippen LogP contribution in [0.15, 0.2) is 86.4 Å². The van der Waals surface area contributed by atoms with Gasteiger partial charge in [-0.05, 0) is 17.7 Å². The van der Waals surface area contributed by atoms with Crippen molar-refractivity contribution >= 4 is 28.2 Å². The molecule has 5 nitrogen and oxygen atoms in total. The summed E-state index contributed by atoms with van der Waals surface area (Å²) in [5.41, 5.74) is 1.23. The Labute approximate surface area is 152 Å². The molecule has 0 atom stereocenters. The van der Waals surface area contributed by atoms with E-state index in [1.807, 2.05) is 46.5 Å². The zero-order valence-corrected chi connectivity index (χ0v) is 14.5. The molecule has 26 heavy (non-hydrogen) atoms. The normalized spacial score (nSPS) is 11.8. The standard InChI is InChI=1S/C20H14N2O3S/c23-16-12-18(25-17-9-5-4-8-15(16)17)19(24)21-20-22(10-11-26-20)13-14-6-2-1-3-7-14/h1-12H,13H2. The van der Waals surface area contributed by atoms with E-state index in [0.29, 0.717) is 22.3 Å². The molecule has 0 saturated carbocycles. The maximum atomic E-state index is 12.5. The van der Waals surface area contributed by atoms with E-state index in [1.165, 1.54) is 17.4 Å². The van der Waals surface area contributed by atoms with E-state index in [0.717, 1.165) is 5.56 Å². The number of hydrogen-bond donors (Lipinski definition) is 0. The molecule has 0 fully saturated rings. The molecule has 0 unspecified atom stereocenters. The lowest BCUT2D eigenvalue weighted by Gasteiger charge is -2.03. The van der Waals surface area contributed by atoms with Crippen LogP contribution in [-0.2, 0) is 6.54 Å². The number of fused-ring (bicyclic) bond motifs is 1. The molecule has 2 aromatic heterocycles. The second kappa shape index (κ2) is 6.93. The lowest BCUT2D eigenvalue weighted by atomic mass is 10.2. The van der Waals surface area contributed by atoms with Crippen LogP contribution in [0.3, 0.4) is 0 Å². The Morgan fingerprint density at radius 1 is 1.08 bits per heavy atom. The summed E-state index contributed by atoms with van der Waals surface area (Å²) in [4.78, 5) is 29.4. The van der Waals surface area contributed by atoms with Gasteiger partial charge in [0.2, 0.25) is 0 Å². The maximum absolute atomic E-state index is 12.5. The summed E-state index contributed by atoms with van der Waals surface area (Å²) in [5, 5.41) is 2.31. The molecule has 2 aromatic carbocycles. The molecule has 6 heteroatoms. The number of aromatic nitrogens is 1. The van der Waals surface area contributed by atoms with Gasteiger partial charge in [-0.15, -0.1) is 11.3 Å². The van der Waals surface area contributed by atoms with Crippen LogP contribution in [0, 0.1) is 0 Å². The number of carbonyl (C=O) groups is 1. The van der Waals surface area contributed by atoms with Crippen molar-refractivity contribution in [3.05, 3.63) is 98.6 Å². The molecule has 0 radical (unpaired) electrons. The Kier molecular flexibility index (Phi) is 4.33. The van der Waals surface area contributed by atoms with E-state index >= 15 is 0 Å². The smallest absolute Gasteiger partial charge is 0.315 e. The Morgan fingerprint density at radius 2 is 1.85 bits per heavy atom. The van der Waals surface area contributed by atoms with Crippen molar-refractivity contribution in [2.75, 3.05) is 0 Å². The maximum Gasteiger partial charge on any atom is 0.315 e. The molecule has 0 bridgehead atoms. The molecule has 0 spiro atoms. The average Bonchev–Trinajstić information content (AvgIpc) is 3.09. The van der Waals surface area contributed by atoms with Crippen LogP contribution < -0.4 is 10.2 Å². The van der Waals surface area contributed by atoms with Crippen molar-refractivity contribution in [1.29, 1.82) is 0 Å². The summed E-state index contributed by atoms with van der Waals surface area (Å²) < 4.78 is 7.45. The van der Waals surface area contributed by atoms with Gasteiger partial charge >= 0.3 is 5.91 Å². The van der Waals surface area contributed by atoms with Gasteiger partial charge in [-0.1, -0.05) is 42.5 Å². The summed E-state index contributed by atoms with van der Waals surface area (Å²) in [5.74, 6) is -0.634. The van der Waals surface area contributed by atoms with Gasteiger partial charge < -0.3 is 8.98 Å². The summed E-state index contributed by atoms with van der Waals surface area (Å²) >= 11 is 1.36. The van der Waals surface area contributed by atoms with E-state index in [1.54, 1.807) is 24.3 Å². The SMILES string of the molecule is O=C(N=c1sccn1Cc1ccccc1)c1cc(=O)c2ccccc2o1. The fourth-order valence-corrected chi connectivity index (χ4v) is 3.36. The third kappa shape index (κ3) is 3.27. The number of rotatable bonds is 3. The second-order valence-corrected chi connectivity index (χ2v) is 6.56. The Morgan fingerprint density at radius 3 is 2.69 bits per heavy atom. The highest BCUT2D eigenvalue weighted by Gasteiger charge is 2.12. The topological polar surface area (TPSA) is 64.6 Å². The number of carbonyl (C=O) groups excluding carboxylic acids is 1. The van der Waals surface area contributed by atoms with Crippen molar-refractivity contribution < 1.29 is 9.21 Å². The first-order chi connectivity index (χ1) is 12.7. The number of amides is 1. The largest absolute Gasteiger partial charge is 0.451 e. The summed E-state index contributed by atoms with van der Waals surface area (Å²) in [7, 11) is 0. The molecule has 1 amide bonds. The first-order valence-electron chi connectivity index (χ1n) is 8.00. The fourth-order valence-electron chi connectivity index (χ4n) is 2.64. The molecule has 0 aliphatic rings. The molecule has 0 aliphatic heterocycles. The monoisotopic (exact) mass is 362 g/mol. The van der Waals surface area contributed by atoms with Crippen molar-refractivity contribution in [3.63, 3.8) is 0 Å². The van der Waals surface area contributed by atoms with Gasteiger partial charge in [0.1, 0.15) is 5.58 Å². The number of thiazole rings is 1. The minimum Gasteiger partial charge on any atom is -0.451 e. The predicted octanol–water partition coefficient (Wildman–Crippen LogP) is 3.45. The number of nitrogens with zero attached hydrogens (tertiary/aromatic N) is 2. The van der Waals surface area contributed by atoms with Crippen LogP contribution in [0.4, 0.5) is 0 Å². The first kappa shape index (κ1) is 16.2. The van der Waals surface area contributed by atoms with Gasteiger partial charge in [0.05, 0.1) is 5.39 Å². The summed E-state index contributed by atoms with van der Waals surface area (Å²) in [6, 6.07) is 17.9. The van der Waals surface area contributed by atoms with E-state index < -0.39 is 5.91 Å². The van der Waals surface area contributed by atoms with Gasteiger partial charge in [-0.2, -0.15) is 4.99 Å². The number of hydrogen-bond acceptors (Lipinski definition) is 4. The van der Waals surface area contributed by atoms with E-state index in [2.05, 4.69) is 4.99 Å². The van der Waals surface area contributed by atoms with Gasteiger partial charge in [-0.25, -0.2) is 0 Å². The Bertz CT molecular complexity index is 1200. The first-order valence-corrected chi connectivity index (χ1v) is 8.88. The van der Waals surface area contributed by atoms with Crippen molar-refractivity contribution in [3.8, 4) is 0 Å². The molecule has 0 N–H and O–H groups in total. The van der Waals surface area contributed by atoms with Crippen LogP contribution in [0.2, 0.25) is 0 Å². The quantitative estimate of drug-likeness (QED) is 0.561. The third-order valence-corrected chi connectivity index (χ3v) is 4.69. The lowest BCUT2D eigenvalue weighted by Crippen LogP contribution is -2.17. The second-order valence-electron chi connectivity index (χ2n) is 5.69. The predicted molar refractivity (Wildman–Crippen MR) is 100 cm³/mol. The molecule has 0 aliphatic carbocycles. The van der Waals surface area contributed by atoms with Crippen molar-refractivity contribution in [2.24, 2.45) is 4.99 Å². The van der Waals surface area contributed by atoms with Crippen LogP contribution in [-0.4, -0.2) is 10.5 Å². The third-order valence-electron chi connectivity index (χ3n) is 3.90. The minimum atomic E-state index is -0.572. The van der Waals surface area contributed by atoms with Crippen LogP contribution in [0.25, 0.3) is 11.0 Å². The number of benzene rings is 2. The van der Waals surface area contributed by atoms with E-state index in [-0.39, 0.29) is 11.2 Å². The molecule has 0 saturated heterocycles. The number of para-hydroxylation sites is 1. The van der Waals surface area contributed by atoms with Crippen LogP contribution >= 0.6 is 11.3 Å². The van der Waals surface area contributed by atoms with Gasteiger partial charge in [0, 0.05) is 24.2 Å². The van der Waals surface area contributed by atoms with Crippen molar-refractivity contribution in [1.82, 2.24) is 4.57 Å². The van der Waals surface area contributed by atoms with Gasteiger partial charge in [0.15, 0.2) is 16.0 Å². The summed E-state index contributed by atoms with van der Waals surface area (Å²) in [6.07, 6.45) is 1.88. The van der Waals surface area contributed by atoms with E-state index in [9.17, 15) is 9.59 Å². The average molecular weight is 362 g/mol. The highest BCUT2D eigenvalue weighted by Crippen LogP contribution is 2.12. The molecular weight excluding hydrogens is 348 g/mol. The zero-order valence-electron chi connectivity index (χ0n) is 13.7. The molecule has 4 aromatic rings. The molecular formula is C20H14N2O3S. The van der Waals surface area contributed by atoms with Gasteiger partial charge in [-0.3, -0.25) is 9.59 Å². The molecule has 4 rings (SSSR count). The lowest BCUT2D eigenvalue weighted by molar-refractivity contribution is 0.0972. The zero-order chi connectivity index (χ0) is 17.9. The Balaban J connectivity index is 1.70. The van der Waals surface area contributed by atoms with E-state index in [4.69, 9.17) is 4.42 Å². The van der Waals surface area contributed by atoms with Gasteiger partial charge in [0.25, 0.3) is 0 Å². The highest BCUT2D eigenvalue weighted by molar-refractivity contribution is 7.07. The highest BCUT2D eigenvalue weighted by atomic mass is 32.1.